The largest absolute Gasteiger partial charge is 0.497 e. The van der Waals surface area contributed by atoms with E-state index in [4.69, 9.17) is 32.7 Å². The molecule has 0 radical (unpaired) electrons. The number of amides is 2. The van der Waals surface area contributed by atoms with Crippen molar-refractivity contribution in [3.63, 3.8) is 0 Å². The molecule has 0 saturated heterocycles. The van der Waals surface area contributed by atoms with Crippen molar-refractivity contribution in [1.82, 2.24) is 10.2 Å². The summed E-state index contributed by atoms with van der Waals surface area (Å²) in [6.07, 6.45) is 5.29. The topological polar surface area (TPSA) is 67.9 Å². The molecule has 8 heteroatoms. The molecule has 212 valence electrons. The Balaban J connectivity index is 1.51. The number of ether oxygens (including phenoxy) is 2. The fraction of sp³-hybridized carbons (Fsp3) is 0.375. The number of hydrogen-bond acceptors (Lipinski definition) is 4. The van der Waals surface area contributed by atoms with Gasteiger partial charge in [-0.05, 0) is 66.8 Å². The maximum atomic E-state index is 13.8. The van der Waals surface area contributed by atoms with Crippen molar-refractivity contribution in [1.29, 1.82) is 0 Å². The zero-order chi connectivity index (χ0) is 28.3. The highest BCUT2D eigenvalue weighted by Crippen LogP contribution is 2.25. The summed E-state index contributed by atoms with van der Waals surface area (Å²) >= 11 is 12.5. The van der Waals surface area contributed by atoms with Gasteiger partial charge in [-0.2, -0.15) is 0 Å². The maximum Gasteiger partial charge on any atom is 0.243 e. The molecule has 2 amide bonds. The van der Waals surface area contributed by atoms with E-state index in [9.17, 15) is 9.59 Å². The molecule has 1 fully saturated rings. The molecule has 40 heavy (non-hydrogen) atoms. The number of halogens is 2. The second kappa shape index (κ2) is 15.0. The molecule has 1 aliphatic rings. The predicted octanol–water partition coefficient (Wildman–Crippen LogP) is 6.86. The Kier molecular flexibility index (Phi) is 11.1. The van der Waals surface area contributed by atoms with Crippen LogP contribution in [0.2, 0.25) is 10.0 Å². The van der Waals surface area contributed by atoms with Crippen LogP contribution in [0.4, 0.5) is 0 Å². The molecule has 6 nitrogen and oxygen atoms in total. The molecule has 1 atom stereocenters. The molecule has 3 aromatic carbocycles. The molecular formula is C32H36Cl2N2O4. The van der Waals surface area contributed by atoms with Crippen LogP contribution in [0.15, 0.2) is 72.8 Å². The van der Waals surface area contributed by atoms with Gasteiger partial charge in [0.2, 0.25) is 11.8 Å². The lowest BCUT2D eigenvalue weighted by molar-refractivity contribution is -0.141. The van der Waals surface area contributed by atoms with Crippen LogP contribution >= 0.6 is 23.2 Å². The van der Waals surface area contributed by atoms with Crippen molar-refractivity contribution < 1.29 is 19.1 Å². The summed E-state index contributed by atoms with van der Waals surface area (Å²) in [4.78, 5) is 29.2. The number of methoxy groups -OCH3 is 1. The van der Waals surface area contributed by atoms with Crippen LogP contribution in [0.25, 0.3) is 0 Å². The average Bonchev–Trinajstić information content (AvgIpc) is 3.48. The fourth-order valence-corrected chi connectivity index (χ4v) is 5.31. The predicted molar refractivity (Wildman–Crippen MR) is 159 cm³/mol. The normalized spacial score (nSPS) is 14.0. The van der Waals surface area contributed by atoms with Crippen molar-refractivity contribution in [2.45, 2.75) is 63.6 Å². The smallest absolute Gasteiger partial charge is 0.243 e. The van der Waals surface area contributed by atoms with Crippen LogP contribution < -0.4 is 14.8 Å². The summed E-state index contributed by atoms with van der Waals surface area (Å²) in [5.41, 5.74) is 1.80. The van der Waals surface area contributed by atoms with E-state index < -0.39 is 6.04 Å². The third-order valence-corrected chi connectivity index (χ3v) is 7.91. The van der Waals surface area contributed by atoms with Gasteiger partial charge in [0.05, 0.1) is 23.8 Å². The van der Waals surface area contributed by atoms with Crippen molar-refractivity contribution >= 4 is 35.0 Å². The summed E-state index contributed by atoms with van der Waals surface area (Å²) in [7, 11) is 1.62. The molecule has 0 bridgehead atoms. The van der Waals surface area contributed by atoms with Gasteiger partial charge in [0.1, 0.15) is 17.5 Å². The molecule has 0 unspecified atom stereocenters. The van der Waals surface area contributed by atoms with Gasteiger partial charge >= 0.3 is 0 Å². The van der Waals surface area contributed by atoms with Gasteiger partial charge < -0.3 is 19.7 Å². The van der Waals surface area contributed by atoms with Gasteiger partial charge in [-0.1, -0.05) is 72.4 Å². The molecule has 0 aromatic heterocycles. The van der Waals surface area contributed by atoms with Crippen molar-refractivity contribution in [3.8, 4) is 11.5 Å². The van der Waals surface area contributed by atoms with E-state index in [-0.39, 0.29) is 30.8 Å². The lowest BCUT2D eigenvalue weighted by atomic mass is 10.0. The van der Waals surface area contributed by atoms with Gasteiger partial charge in [0.25, 0.3) is 0 Å². The van der Waals surface area contributed by atoms with Gasteiger partial charge in [0.15, 0.2) is 0 Å². The molecular weight excluding hydrogens is 547 g/mol. The van der Waals surface area contributed by atoms with E-state index in [2.05, 4.69) is 5.32 Å². The number of benzene rings is 3. The first kappa shape index (κ1) is 29.8. The van der Waals surface area contributed by atoms with Gasteiger partial charge in [0, 0.05) is 25.4 Å². The lowest BCUT2D eigenvalue weighted by Crippen LogP contribution is -2.52. The van der Waals surface area contributed by atoms with Crippen LogP contribution in [0.5, 0.6) is 11.5 Å². The average molecular weight is 584 g/mol. The Hall–Kier alpha value is -3.22. The highest BCUT2D eigenvalue weighted by molar-refractivity contribution is 6.42. The van der Waals surface area contributed by atoms with E-state index >= 15 is 0 Å². The first-order valence-electron chi connectivity index (χ1n) is 13.8. The quantitative estimate of drug-likeness (QED) is 0.223. The van der Waals surface area contributed by atoms with E-state index in [0.29, 0.717) is 35.2 Å². The molecule has 3 aromatic rings. The molecule has 0 aliphatic heterocycles. The molecule has 1 saturated carbocycles. The van der Waals surface area contributed by atoms with Crippen LogP contribution in [-0.4, -0.2) is 42.5 Å². The van der Waals surface area contributed by atoms with Gasteiger partial charge in [-0.3, -0.25) is 9.59 Å². The van der Waals surface area contributed by atoms with E-state index in [0.717, 1.165) is 42.6 Å². The first-order chi connectivity index (χ1) is 19.4. The molecule has 4 rings (SSSR count). The van der Waals surface area contributed by atoms with E-state index in [1.807, 2.05) is 60.7 Å². The lowest BCUT2D eigenvalue weighted by Gasteiger charge is -2.32. The maximum absolute atomic E-state index is 13.8. The summed E-state index contributed by atoms with van der Waals surface area (Å²) in [5, 5.41) is 4.08. The highest BCUT2D eigenvalue weighted by atomic mass is 35.5. The van der Waals surface area contributed by atoms with Crippen LogP contribution in [0, 0.1) is 0 Å². The summed E-state index contributed by atoms with van der Waals surface area (Å²) in [5.74, 6) is 1.21. The van der Waals surface area contributed by atoms with E-state index in [1.165, 1.54) is 0 Å². The molecule has 0 spiro atoms. The van der Waals surface area contributed by atoms with E-state index in [1.54, 1.807) is 24.1 Å². The monoisotopic (exact) mass is 582 g/mol. The zero-order valence-corrected chi connectivity index (χ0v) is 24.3. The number of rotatable bonds is 13. The SMILES string of the molecule is COc1ccc(OCCCC(=O)N(Cc2ccc(Cl)c(Cl)c2)[C@H](Cc2ccccc2)C(=O)NC2CCCC2)cc1. The third-order valence-electron chi connectivity index (χ3n) is 7.17. The summed E-state index contributed by atoms with van der Waals surface area (Å²) < 4.78 is 11.0. The molecule has 1 N–H and O–H groups in total. The minimum atomic E-state index is -0.674. The highest BCUT2D eigenvalue weighted by Gasteiger charge is 2.32. The van der Waals surface area contributed by atoms with Crippen LogP contribution in [0.1, 0.15) is 49.7 Å². The number of nitrogens with one attached hydrogen (secondary N) is 1. The van der Waals surface area contributed by atoms with Gasteiger partial charge in [-0.25, -0.2) is 0 Å². The number of carbonyl (C=O) groups is 2. The Morgan fingerprint density at radius 3 is 2.30 bits per heavy atom. The number of carbonyl (C=O) groups excluding carboxylic acids is 2. The molecule has 1 aliphatic carbocycles. The standard InChI is InChI=1S/C32H36Cl2N2O4/c1-39-26-14-16-27(17-15-26)40-19-7-12-31(37)36(22-24-13-18-28(33)29(34)20-24)30(21-23-8-3-2-4-9-23)32(38)35-25-10-5-6-11-25/h2-4,8-9,13-18,20,25,30H,5-7,10-12,19,21-22H2,1H3,(H,35,38)/t30-/m1/s1. The Labute approximate surface area is 246 Å². The number of hydrogen-bond donors (Lipinski definition) is 1. The van der Waals surface area contributed by atoms with Crippen LogP contribution in [0.3, 0.4) is 0 Å². The van der Waals surface area contributed by atoms with Gasteiger partial charge in [-0.15, -0.1) is 0 Å². The Bertz CT molecular complexity index is 1250. The Morgan fingerprint density at radius 1 is 0.925 bits per heavy atom. The fourth-order valence-electron chi connectivity index (χ4n) is 4.99. The van der Waals surface area contributed by atoms with Crippen LogP contribution in [-0.2, 0) is 22.6 Å². The summed E-state index contributed by atoms with van der Waals surface area (Å²) in [6, 6.07) is 21.9. The first-order valence-corrected chi connectivity index (χ1v) is 14.5. The minimum Gasteiger partial charge on any atom is -0.497 e. The third kappa shape index (κ3) is 8.64. The zero-order valence-electron chi connectivity index (χ0n) is 22.8. The minimum absolute atomic E-state index is 0.119. The number of nitrogens with zero attached hydrogens (tertiary/aromatic N) is 1. The van der Waals surface area contributed by atoms with Crippen molar-refractivity contribution in [2.75, 3.05) is 13.7 Å². The van der Waals surface area contributed by atoms with Crippen molar-refractivity contribution in [3.05, 3.63) is 94.0 Å². The molecule has 0 heterocycles. The second-order valence-corrected chi connectivity index (χ2v) is 10.9. The summed E-state index contributed by atoms with van der Waals surface area (Å²) in [6.45, 7) is 0.612. The Morgan fingerprint density at radius 2 is 1.62 bits per heavy atom. The van der Waals surface area contributed by atoms with Crippen molar-refractivity contribution in [2.24, 2.45) is 0 Å². The second-order valence-electron chi connectivity index (χ2n) is 10.1.